The van der Waals surface area contributed by atoms with E-state index in [9.17, 15) is 0 Å². The van der Waals surface area contributed by atoms with Gasteiger partial charge in [-0.1, -0.05) is 33.6 Å². The van der Waals surface area contributed by atoms with Crippen LogP contribution in [0.25, 0.3) is 0 Å². The number of nitrogens with zero attached hydrogens (tertiary/aromatic N) is 1. The average molecular weight is 240 g/mol. The Morgan fingerprint density at radius 2 is 1.76 bits per heavy atom. The highest BCUT2D eigenvalue weighted by molar-refractivity contribution is 4.93. The van der Waals surface area contributed by atoms with Crippen LogP contribution in [0.3, 0.4) is 0 Å². The van der Waals surface area contributed by atoms with Gasteiger partial charge in [-0.15, -0.1) is 0 Å². The second-order valence-corrected chi connectivity index (χ2v) is 5.96. The third-order valence-electron chi connectivity index (χ3n) is 4.44. The molecule has 1 aliphatic carbocycles. The van der Waals surface area contributed by atoms with Gasteiger partial charge >= 0.3 is 0 Å². The minimum atomic E-state index is 0.272. The summed E-state index contributed by atoms with van der Waals surface area (Å²) in [7, 11) is 0. The van der Waals surface area contributed by atoms with Crippen LogP contribution in [0.2, 0.25) is 0 Å². The molecule has 1 saturated carbocycles. The summed E-state index contributed by atoms with van der Waals surface area (Å²) in [5, 5.41) is 3.71. The molecule has 1 atom stereocenters. The fourth-order valence-electron chi connectivity index (χ4n) is 3.02. The van der Waals surface area contributed by atoms with Gasteiger partial charge in [0, 0.05) is 11.6 Å². The molecular weight excluding hydrogens is 208 g/mol. The number of hydrogen-bond acceptors (Lipinski definition) is 2. The first kappa shape index (κ1) is 15.0. The molecule has 0 spiro atoms. The predicted molar refractivity (Wildman–Crippen MR) is 76.4 cm³/mol. The maximum atomic E-state index is 3.71. The maximum absolute atomic E-state index is 3.71. The lowest BCUT2D eigenvalue weighted by Gasteiger charge is -2.44. The van der Waals surface area contributed by atoms with E-state index in [2.05, 4.69) is 44.8 Å². The minimum Gasteiger partial charge on any atom is -0.312 e. The van der Waals surface area contributed by atoms with E-state index in [-0.39, 0.29) is 5.54 Å². The van der Waals surface area contributed by atoms with Gasteiger partial charge in [0.1, 0.15) is 0 Å². The van der Waals surface area contributed by atoms with Gasteiger partial charge in [0.05, 0.1) is 0 Å². The molecule has 0 aliphatic heterocycles. The molecule has 0 aromatic heterocycles. The maximum Gasteiger partial charge on any atom is 0.0306 e. The van der Waals surface area contributed by atoms with Crippen molar-refractivity contribution < 1.29 is 0 Å². The Hall–Kier alpha value is -0.0800. The largest absolute Gasteiger partial charge is 0.312 e. The summed E-state index contributed by atoms with van der Waals surface area (Å²) >= 11 is 0. The zero-order valence-corrected chi connectivity index (χ0v) is 12.6. The first-order chi connectivity index (χ1) is 8.06. The van der Waals surface area contributed by atoms with Gasteiger partial charge in [0.2, 0.25) is 0 Å². The van der Waals surface area contributed by atoms with Gasteiger partial charge in [-0.3, -0.25) is 4.90 Å². The predicted octanol–water partition coefficient (Wildman–Crippen LogP) is 3.28. The van der Waals surface area contributed by atoms with Crippen LogP contribution in [0.5, 0.6) is 0 Å². The Morgan fingerprint density at radius 1 is 1.18 bits per heavy atom. The Morgan fingerprint density at radius 3 is 2.18 bits per heavy atom. The van der Waals surface area contributed by atoms with Crippen molar-refractivity contribution in [1.29, 1.82) is 0 Å². The molecule has 2 heteroatoms. The minimum absolute atomic E-state index is 0.272. The standard InChI is InChI=1S/C15H32N2/c1-6-16-14(12-11-13-9-10-13)15(4,5)17(7-2)8-3/h13-14,16H,6-12H2,1-5H3. The molecule has 0 radical (unpaired) electrons. The van der Waals surface area contributed by atoms with Crippen LogP contribution in [0.15, 0.2) is 0 Å². The molecule has 1 N–H and O–H groups in total. The molecule has 102 valence electrons. The topological polar surface area (TPSA) is 15.3 Å². The van der Waals surface area contributed by atoms with E-state index in [0.717, 1.165) is 25.6 Å². The van der Waals surface area contributed by atoms with Crippen LogP contribution in [-0.4, -0.2) is 36.1 Å². The first-order valence-electron chi connectivity index (χ1n) is 7.54. The molecule has 0 aromatic carbocycles. The van der Waals surface area contributed by atoms with E-state index in [1.54, 1.807) is 0 Å². The fraction of sp³-hybridized carbons (Fsp3) is 1.00. The second-order valence-electron chi connectivity index (χ2n) is 5.96. The molecule has 1 unspecified atom stereocenters. The third kappa shape index (κ3) is 4.26. The summed E-state index contributed by atoms with van der Waals surface area (Å²) in [6, 6.07) is 0.632. The van der Waals surface area contributed by atoms with Crippen LogP contribution < -0.4 is 5.32 Å². The molecule has 2 nitrogen and oxygen atoms in total. The Balaban J connectivity index is 2.56. The summed E-state index contributed by atoms with van der Waals surface area (Å²) in [5.41, 5.74) is 0.272. The lowest BCUT2D eigenvalue weighted by atomic mass is 9.88. The molecule has 0 bridgehead atoms. The van der Waals surface area contributed by atoms with Gasteiger partial charge in [-0.25, -0.2) is 0 Å². The summed E-state index contributed by atoms with van der Waals surface area (Å²) in [6.45, 7) is 15.0. The average Bonchev–Trinajstić information content (AvgIpc) is 3.09. The zero-order valence-electron chi connectivity index (χ0n) is 12.6. The van der Waals surface area contributed by atoms with Gasteiger partial charge in [-0.05, 0) is 52.2 Å². The number of likely N-dealkylation sites (N-methyl/N-ethyl adjacent to an activating group) is 2. The van der Waals surface area contributed by atoms with Gasteiger partial charge in [0.25, 0.3) is 0 Å². The van der Waals surface area contributed by atoms with E-state index in [1.807, 2.05) is 0 Å². The van der Waals surface area contributed by atoms with E-state index in [1.165, 1.54) is 25.7 Å². The van der Waals surface area contributed by atoms with Crippen LogP contribution in [0, 0.1) is 5.92 Å². The molecule has 1 aliphatic rings. The number of rotatable bonds is 9. The van der Waals surface area contributed by atoms with E-state index in [0.29, 0.717) is 6.04 Å². The van der Waals surface area contributed by atoms with E-state index < -0.39 is 0 Å². The molecule has 0 heterocycles. The molecule has 1 rings (SSSR count). The van der Waals surface area contributed by atoms with Crippen molar-refractivity contribution in [3.05, 3.63) is 0 Å². The highest BCUT2D eigenvalue weighted by Crippen LogP contribution is 2.35. The summed E-state index contributed by atoms with van der Waals surface area (Å²) in [4.78, 5) is 2.59. The van der Waals surface area contributed by atoms with Crippen molar-refractivity contribution >= 4 is 0 Å². The van der Waals surface area contributed by atoms with Crippen LogP contribution in [-0.2, 0) is 0 Å². The quantitative estimate of drug-likeness (QED) is 0.665. The fourth-order valence-corrected chi connectivity index (χ4v) is 3.02. The van der Waals surface area contributed by atoms with Crippen molar-refractivity contribution in [3.63, 3.8) is 0 Å². The molecular formula is C15H32N2. The van der Waals surface area contributed by atoms with Crippen molar-refractivity contribution in [2.75, 3.05) is 19.6 Å². The van der Waals surface area contributed by atoms with Crippen molar-refractivity contribution in [2.24, 2.45) is 5.92 Å². The molecule has 0 amide bonds. The van der Waals surface area contributed by atoms with E-state index >= 15 is 0 Å². The van der Waals surface area contributed by atoms with Crippen molar-refractivity contribution in [1.82, 2.24) is 10.2 Å². The molecule has 1 fully saturated rings. The Labute approximate surface area is 108 Å². The normalized spacial score (nSPS) is 18.7. The Kier molecular flexibility index (Phi) is 5.94. The highest BCUT2D eigenvalue weighted by Gasteiger charge is 2.34. The first-order valence-corrected chi connectivity index (χ1v) is 7.54. The SMILES string of the molecule is CCNC(CCC1CC1)C(C)(C)N(CC)CC. The van der Waals surface area contributed by atoms with Crippen molar-refractivity contribution in [2.45, 2.75) is 71.9 Å². The lowest BCUT2D eigenvalue weighted by Crippen LogP contribution is -2.57. The lowest BCUT2D eigenvalue weighted by molar-refractivity contribution is 0.0866. The third-order valence-corrected chi connectivity index (χ3v) is 4.44. The van der Waals surface area contributed by atoms with Gasteiger partial charge in [0.15, 0.2) is 0 Å². The summed E-state index contributed by atoms with van der Waals surface area (Å²) < 4.78 is 0. The number of nitrogens with one attached hydrogen (secondary N) is 1. The van der Waals surface area contributed by atoms with Crippen molar-refractivity contribution in [3.8, 4) is 0 Å². The van der Waals surface area contributed by atoms with Gasteiger partial charge < -0.3 is 5.32 Å². The summed E-state index contributed by atoms with van der Waals surface area (Å²) in [6.07, 6.45) is 5.71. The second kappa shape index (κ2) is 6.75. The monoisotopic (exact) mass is 240 g/mol. The molecule has 17 heavy (non-hydrogen) atoms. The summed E-state index contributed by atoms with van der Waals surface area (Å²) in [5.74, 6) is 1.05. The van der Waals surface area contributed by atoms with Crippen LogP contribution in [0.4, 0.5) is 0 Å². The Bertz CT molecular complexity index is 205. The molecule has 0 saturated heterocycles. The van der Waals surface area contributed by atoms with Crippen LogP contribution >= 0.6 is 0 Å². The van der Waals surface area contributed by atoms with E-state index in [4.69, 9.17) is 0 Å². The van der Waals surface area contributed by atoms with Gasteiger partial charge in [-0.2, -0.15) is 0 Å². The number of hydrogen-bond donors (Lipinski definition) is 1. The van der Waals surface area contributed by atoms with Crippen LogP contribution in [0.1, 0.15) is 60.3 Å². The zero-order chi connectivity index (χ0) is 12.9. The molecule has 0 aromatic rings. The highest BCUT2D eigenvalue weighted by atomic mass is 15.2. The smallest absolute Gasteiger partial charge is 0.0306 e.